The molecule has 3 atom stereocenters. The molecule has 0 spiro atoms. The van der Waals surface area contributed by atoms with E-state index in [4.69, 9.17) is 0 Å². The number of hydrogen-bond acceptors (Lipinski definition) is 2. The fourth-order valence-electron chi connectivity index (χ4n) is 2.76. The van der Waals surface area contributed by atoms with Gasteiger partial charge in [0.1, 0.15) is 0 Å². The molecule has 3 heteroatoms. The molecular formula is C17H25NO2. The van der Waals surface area contributed by atoms with E-state index in [9.17, 15) is 9.90 Å². The summed E-state index contributed by atoms with van der Waals surface area (Å²) >= 11 is 0. The standard InChI is InChI=1S/C17H25NO2/c1-17(2,3)10-13(11-19)18-16(20)15-9-14(15)12-7-5-4-6-8-12/h4-8,13-15,19H,9-11H2,1-3H3,(H,18,20). The van der Waals surface area contributed by atoms with Crippen molar-refractivity contribution in [2.75, 3.05) is 6.61 Å². The summed E-state index contributed by atoms with van der Waals surface area (Å²) in [4.78, 5) is 12.2. The molecule has 1 aliphatic rings. The van der Waals surface area contributed by atoms with Gasteiger partial charge in [0.2, 0.25) is 5.91 Å². The normalized spacial score (nSPS) is 23.2. The van der Waals surface area contributed by atoms with Gasteiger partial charge in [-0.25, -0.2) is 0 Å². The number of hydrogen-bond donors (Lipinski definition) is 2. The highest BCUT2D eigenvalue weighted by Crippen LogP contribution is 2.47. The van der Waals surface area contributed by atoms with Gasteiger partial charge in [0.05, 0.1) is 12.6 Å². The number of rotatable bonds is 5. The smallest absolute Gasteiger partial charge is 0.224 e. The minimum Gasteiger partial charge on any atom is -0.394 e. The lowest BCUT2D eigenvalue weighted by Gasteiger charge is -2.25. The van der Waals surface area contributed by atoms with Gasteiger partial charge in [-0.2, -0.15) is 0 Å². The summed E-state index contributed by atoms with van der Waals surface area (Å²) in [7, 11) is 0. The Kier molecular flexibility index (Phi) is 4.48. The quantitative estimate of drug-likeness (QED) is 0.868. The Hall–Kier alpha value is -1.35. The minimum atomic E-state index is -0.139. The molecule has 1 amide bonds. The molecule has 1 aromatic carbocycles. The molecular weight excluding hydrogens is 250 g/mol. The predicted octanol–water partition coefficient (Wildman–Crippen LogP) is 2.70. The van der Waals surface area contributed by atoms with Crippen molar-refractivity contribution in [2.45, 2.75) is 45.6 Å². The van der Waals surface area contributed by atoms with E-state index in [0.717, 1.165) is 12.8 Å². The molecule has 2 rings (SSSR count). The molecule has 1 aromatic rings. The average Bonchev–Trinajstić information content (AvgIpc) is 3.17. The summed E-state index contributed by atoms with van der Waals surface area (Å²) in [6.07, 6.45) is 1.71. The van der Waals surface area contributed by atoms with Crippen molar-refractivity contribution in [1.29, 1.82) is 0 Å². The van der Waals surface area contributed by atoms with Crippen molar-refractivity contribution in [3.63, 3.8) is 0 Å². The molecule has 1 saturated carbocycles. The first-order valence-corrected chi connectivity index (χ1v) is 7.37. The van der Waals surface area contributed by atoms with E-state index in [1.165, 1.54) is 5.56 Å². The maximum absolute atomic E-state index is 12.2. The molecule has 0 aliphatic heterocycles. The van der Waals surface area contributed by atoms with Gasteiger partial charge < -0.3 is 10.4 Å². The summed E-state index contributed by atoms with van der Waals surface area (Å²) in [6, 6.07) is 10.0. The third-order valence-electron chi connectivity index (χ3n) is 3.78. The van der Waals surface area contributed by atoms with Gasteiger partial charge in [0.15, 0.2) is 0 Å². The number of carbonyl (C=O) groups is 1. The van der Waals surface area contributed by atoms with E-state index < -0.39 is 0 Å². The third-order valence-corrected chi connectivity index (χ3v) is 3.78. The fourth-order valence-corrected chi connectivity index (χ4v) is 2.76. The highest BCUT2D eigenvalue weighted by molar-refractivity contribution is 5.83. The van der Waals surface area contributed by atoms with Crippen LogP contribution in [-0.4, -0.2) is 23.7 Å². The second-order valence-electron chi connectivity index (χ2n) is 7.01. The summed E-state index contributed by atoms with van der Waals surface area (Å²) in [5, 5.41) is 12.4. The van der Waals surface area contributed by atoms with Crippen LogP contribution >= 0.6 is 0 Å². The molecule has 20 heavy (non-hydrogen) atoms. The lowest BCUT2D eigenvalue weighted by molar-refractivity contribution is -0.123. The number of aliphatic hydroxyl groups is 1. The van der Waals surface area contributed by atoms with Crippen LogP contribution in [0.15, 0.2) is 30.3 Å². The summed E-state index contributed by atoms with van der Waals surface area (Å²) < 4.78 is 0. The molecule has 3 unspecified atom stereocenters. The summed E-state index contributed by atoms with van der Waals surface area (Å²) in [5.41, 5.74) is 1.34. The molecule has 0 bridgehead atoms. The Bertz CT molecular complexity index is 450. The van der Waals surface area contributed by atoms with Crippen molar-refractivity contribution in [2.24, 2.45) is 11.3 Å². The zero-order chi connectivity index (χ0) is 14.8. The van der Waals surface area contributed by atoms with Crippen molar-refractivity contribution in [3.05, 3.63) is 35.9 Å². The Morgan fingerprint density at radius 1 is 1.35 bits per heavy atom. The Morgan fingerprint density at radius 2 is 2.00 bits per heavy atom. The molecule has 2 N–H and O–H groups in total. The van der Waals surface area contributed by atoms with E-state index in [0.29, 0.717) is 5.92 Å². The second kappa shape index (κ2) is 5.96. The molecule has 0 saturated heterocycles. The van der Waals surface area contributed by atoms with Crippen molar-refractivity contribution in [1.82, 2.24) is 5.32 Å². The first-order chi connectivity index (χ1) is 9.40. The maximum Gasteiger partial charge on any atom is 0.224 e. The number of benzene rings is 1. The van der Waals surface area contributed by atoms with E-state index >= 15 is 0 Å². The number of nitrogens with one attached hydrogen (secondary N) is 1. The number of aliphatic hydroxyl groups excluding tert-OH is 1. The monoisotopic (exact) mass is 275 g/mol. The van der Waals surface area contributed by atoms with Crippen LogP contribution in [0.5, 0.6) is 0 Å². The van der Waals surface area contributed by atoms with E-state index in [1.807, 2.05) is 18.2 Å². The van der Waals surface area contributed by atoms with Gasteiger partial charge in [-0.15, -0.1) is 0 Å². The lowest BCUT2D eigenvalue weighted by atomic mass is 9.88. The molecule has 1 fully saturated rings. The first kappa shape index (κ1) is 15.0. The lowest BCUT2D eigenvalue weighted by Crippen LogP contribution is -2.41. The van der Waals surface area contributed by atoms with E-state index in [-0.39, 0.29) is 29.9 Å². The SMILES string of the molecule is CC(C)(C)CC(CO)NC(=O)C1CC1c1ccccc1. The van der Waals surface area contributed by atoms with Crippen LogP contribution in [0.4, 0.5) is 0 Å². The van der Waals surface area contributed by atoms with Gasteiger partial charge in [0, 0.05) is 5.92 Å². The molecule has 0 heterocycles. The number of amides is 1. The van der Waals surface area contributed by atoms with Crippen LogP contribution < -0.4 is 5.32 Å². The third kappa shape index (κ3) is 4.07. The van der Waals surface area contributed by atoms with Gasteiger partial charge in [0.25, 0.3) is 0 Å². The van der Waals surface area contributed by atoms with Crippen molar-refractivity contribution >= 4 is 5.91 Å². The molecule has 110 valence electrons. The van der Waals surface area contributed by atoms with Crippen LogP contribution in [0, 0.1) is 11.3 Å². The van der Waals surface area contributed by atoms with Gasteiger partial charge >= 0.3 is 0 Å². The molecule has 3 nitrogen and oxygen atoms in total. The van der Waals surface area contributed by atoms with Crippen molar-refractivity contribution in [3.8, 4) is 0 Å². The fraction of sp³-hybridized carbons (Fsp3) is 0.588. The van der Waals surface area contributed by atoms with Gasteiger partial charge in [-0.3, -0.25) is 4.79 Å². The van der Waals surface area contributed by atoms with E-state index in [2.05, 4.69) is 38.2 Å². The maximum atomic E-state index is 12.2. The largest absolute Gasteiger partial charge is 0.394 e. The van der Waals surface area contributed by atoms with E-state index in [1.54, 1.807) is 0 Å². The topological polar surface area (TPSA) is 49.3 Å². The van der Waals surface area contributed by atoms with Crippen LogP contribution in [0.1, 0.15) is 45.1 Å². The molecule has 0 aromatic heterocycles. The van der Waals surface area contributed by atoms with Crippen LogP contribution in [0.3, 0.4) is 0 Å². The Balaban J connectivity index is 1.87. The van der Waals surface area contributed by atoms with Crippen molar-refractivity contribution < 1.29 is 9.90 Å². The first-order valence-electron chi connectivity index (χ1n) is 7.37. The Morgan fingerprint density at radius 3 is 2.55 bits per heavy atom. The van der Waals surface area contributed by atoms with Crippen LogP contribution in [0.25, 0.3) is 0 Å². The van der Waals surface area contributed by atoms with Crippen LogP contribution in [-0.2, 0) is 4.79 Å². The van der Waals surface area contributed by atoms with Gasteiger partial charge in [-0.05, 0) is 29.7 Å². The highest BCUT2D eigenvalue weighted by Gasteiger charge is 2.44. The summed E-state index contributed by atoms with van der Waals surface area (Å²) in [6.45, 7) is 6.36. The molecule has 0 radical (unpaired) electrons. The highest BCUT2D eigenvalue weighted by atomic mass is 16.3. The number of carbonyl (C=O) groups excluding carboxylic acids is 1. The zero-order valence-corrected chi connectivity index (χ0v) is 12.6. The zero-order valence-electron chi connectivity index (χ0n) is 12.6. The summed E-state index contributed by atoms with van der Waals surface area (Å²) in [5.74, 6) is 0.513. The second-order valence-corrected chi connectivity index (χ2v) is 7.01. The molecule has 1 aliphatic carbocycles. The van der Waals surface area contributed by atoms with Crippen LogP contribution in [0.2, 0.25) is 0 Å². The van der Waals surface area contributed by atoms with Gasteiger partial charge in [-0.1, -0.05) is 51.1 Å². The average molecular weight is 275 g/mol. The Labute approximate surface area is 121 Å². The predicted molar refractivity (Wildman–Crippen MR) is 80.4 cm³/mol. The minimum absolute atomic E-state index is 0.00569.